The molecule has 0 spiro atoms. The van der Waals surface area contributed by atoms with Crippen molar-refractivity contribution in [3.63, 3.8) is 0 Å². The van der Waals surface area contributed by atoms with E-state index in [0.717, 1.165) is 35.6 Å². The number of rotatable bonds is 8. The highest BCUT2D eigenvalue weighted by atomic mass is 32.2. The van der Waals surface area contributed by atoms with Crippen molar-refractivity contribution in [2.75, 3.05) is 33.4 Å². The highest BCUT2D eigenvalue weighted by Gasteiger charge is 2.12. The van der Waals surface area contributed by atoms with Gasteiger partial charge in [0.25, 0.3) is 0 Å². The van der Waals surface area contributed by atoms with Gasteiger partial charge in [-0.1, -0.05) is 12.1 Å². The first-order chi connectivity index (χ1) is 10.6. The summed E-state index contributed by atoms with van der Waals surface area (Å²) in [6, 6.07) is 7.97. The molecule has 2 aromatic rings. The number of thioether (sulfide) groups is 1. The second-order valence-corrected chi connectivity index (χ2v) is 6.41. The third kappa shape index (κ3) is 4.48. The van der Waals surface area contributed by atoms with Gasteiger partial charge in [0.15, 0.2) is 0 Å². The molecule has 1 amide bonds. The van der Waals surface area contributed by atoms with E-state index >= 15 is 0 Å². The van der Waals surface area contributed by atoms with Crippen LogP contribution in [0.1, 0.15) is 12.2 Å². The molecule has 1 N–H and O–H groups in total. The van der Waals surface area contributed by atoms with Crippen LogP contribution in [0.2, 0.25) is 0 Å². The van der Waals surface area contributed by atoms with Crippen molar-refractivity contribution in [2.45, 2.75) is 18.7 Å². The number of nitrogens with one attached hydrogen (secondary N) is 1. The lowest BCUT2D eigenvalue weighted by molar-refractivity contribution is -0.121. The summed E-state index contributed by atoms with van der Waals surface area (Å²) in [5.74, 6) is 1.81. The van der Waals surface area contributed by atoms with Crippen molar-refractivity contribution < 1.29 is 4.79 Å². The summed E-state index contributed by atoms with van der Waals surface area (Å²) in [4.78, 5) is 18.9. The fourth-order valence-electron chi connectivity index (χ4n) is 2.36. The minimum atomic E-state index is 0.0456. The van der Waals surface area contributed by atoms with Crippen LogP contribution in [-0.4, -0.2) is 53.8 Å². The number of hydrogen-bond donors (Lipinski definition) is 1. The number of carbonyl (C=O) groups excluding carboxylic acids is 1. The molecule has 2 rings (SSSR count). The second kappa shape index (κ2) is 8.19. The van der Waals surface area contributed by atoms with Crippen LogP contribution in [0, 0.1) is 0 Å². The molecule has 0 saturated carbocycles. The Morgan fingerprint density at radius 2 is 2.14 bits per heavy atom. The Labute approximate surface area is 136 Å². The molecular formula is C16H24N4OS. The largest absolute Gasteiger partial charge is 0.355 e. The lowest BCUT2D eigenvalue weighted by Crippen LogP contribution is -2.30. The van der Waals surface area contributed by atoms with E-state index in [1.165, 1.54) is 0 Å². The fourth-order valence-corrected chi connectivity index (χ4v) is 2.84. The van der Waals surface area contributed by atoms with Crippen LogP contribution in [-0.2, 0) is 17.1 Å². The standard InChI is InChI=1S/C16H24N4OS/c1-19(2)10-6-9-17-16(21)11-20-14-8-5-4-7-13(14)18-15(20)12-22-3/h4-5,7-8H,6,9-12H2,1-3H3,(H,17,21). The van der Waals surface area contributed by atoms with Gasteiger partial charge in [0.1, 0.15) is 12.4 Å². The third-order valence-corrected chi connectivity index (χ3v) is 3.96. The molecule has 1 aromatic carbocycles. The first-order valence-electron chi connectivity index (χ1n) is 7.46. The molecule has 0 atom stereocenters. The summed E-state index contributed by atoms with van der Waals surface area (Å²) in [5.41, 5.74) is 1.97. The topological polar surface area (TPSA) is 50.2 Å². The average molecular weight is 320 g/mol. The van der Waals surface area contributed by atoms with Crippen molar-refractivity contribution >= 4 is 28.7 Å². The zero-order chi connectivity index (χ0) is 15.9. The van der Waals surface area contributed by atoms with E-state index in [9.17, 15) is 4.79 Å². The van der Waals surface area contributed by atoms with Crippen LogP contribution in [0.4, 0.5) is 0 Å². The molecule has 22 heavy (non-hydrogen) atoms. The maximum Gasteiger partial charge on any atom is 0.240 e. The molecule has 6 heteroatoms. The van der Waals surface area contributed by atoms with Gasteiger partial charge in [-0.3, -0.25) is 4.79 Å². The van der Waals surface area contributed by atoms with Gasteiger partial charge in [0.05, 0.1) is 16.8 Å². The number of para-hydroxylation sites is 2. The van der Waals surface area contributed by atoms with E-state index in [0.29, 0.717) is 13.1 Å². The summed E-state index contributed by atoms with van der Waals surface area (Å²) in [6.07, 6.45) is 3.01. The van der Waals surface area contributed by atoms with Crippen molar-refractivity contribution in [1.82, 2.24) is 19.8 Å². The van der Waals surface area contributed by atoms with E-state index < -0.39 is 0 Å². The maximum atomic E-state index is 12.2. The zero-order valence-corrected chi connectivity index (χ0v) is 14.3. The number of carbonyl (C=O) groups is 1. The van der Waals surface area contributed by atoms with Gasteiger partial charge < -0.3 is 14.8 Å². The fraction of sp³-hybridized carbons (Fsp3) is 0.500. The molecule has 0 unspecified atom stereocenters. The van der Waals surface area contributed by atoms with E-state index in [1.54, 1.807) is 11.8 Å². The van der Waals surface area contributed by atoms with E-state index in [2.05, 4.69) is 15.2 Å². The SMILES string of the molecule is CSCc1nc2ccccc2n1CC(=O)NCCCN(C)C. The van der Waals surface area contributed by atoms with Crippen LogP contribution < -0.4 is 5.32 Å². The van der Waals surface area contributed by atoms with E-state index in [-0.39, 0.29) is 5.91 Å². The van der Waals surface area contributed by atoms with Gasteiger partial charge >= 0.3 is 0 Å². The molecule has 5 nitrogen and oxygen atoms in total. The number of hydrogen-bond acceptors (Lipinski definition) is 4. The third-order valence-electron chi connectivity index (χ3n) is 3.41. The van der Waals surface area contributed by atoms with Crippen LogP contribution in [0.15, 0.2) is 24.3 Å². The first-order valence-corrected chi connectivity index (χ1v) is 8.85. The van der Waals surface area contributed by atoms with Gasteiger partial charge in [-0.2, -0.15) is 11.8 Å². The Bertz CT molecular complexity index is 624. The molecule has 0 aliphatic heterocycles. The molecule has 0 aliphatic carbocycles. The monoisotopic (exact) mass is 320 g/mol. The highest BCUT2D eigenvalue weighted by molar-refractivity contribution is 7.97. The average Bonchev–Trinajstić information content (AvgIpc) is 2.82. The van der Waals surface area contributed by atoms with Crippen LogP contribution in [0.3, 0.4) is 0 Å². The lowest BCUT2D eigenvalue weighted by atomic mass is 10.3. The highest BCUT2D eigenvalue weighted by Crippen LogP contribution is 2.18. The van der Waals surface area contributed by atoms with Gasteiger partial charge in [0, 0.05) is 6.54 Å². The molecule has 0 saturated heterocycles. The molecular weight excluding hydrogens is 296 g/mol. The normalized spacial score (nSPS) is 11.3. The number of amides is 1. The van der Waals surface area contributed by atoms with Gasteiger partial charge in [-0.25, -0.2) is 4.98 Å². The predicted octanol–water partition coefficient (Wildman–Crippen LogP) is 1.97. The van der Waals surface area contributed by atoms with E-state index in [1.807, 2.05) is 49.2 Å². The van der Waals surface area contributed by atoms with Crippen molar-refractivity contribution in [3.05, 3.63) is 30.1 Å². The molecule has 0 radical (unpaired) electrons. The van der Waals surface area contributed by atoms with Crippen molar-refractivity contribution in [2.24, 2.45) is 0 Å². The van der Waals surface area contributed by atoms with Crippen LogP contribution >= 0.6 is 11.8 Å². The number of imidazole rings is 1. The minimum absolute atomic E-state index is 0.0456. The molecule has 0 fully saturated rings. The summed E-state index contributed by atoms with van der Waals surface area (Å²) < 4.78 is 2.02. The number of benzene rings is 1. The molecule has 0 bridgehead atoms. The Morgan fingerprint density at radius 1 is 1.36 bits per heavy atom. The Morgan fingerprint density at radius 3 is 2.86 bits per heavy atom. The Balaban J connectivity index is 2.03. The Kier molecular flexibility index (Phi) is 6.27. The maximum absolute atomic E-state index is 12.2. The summed E-state index contributed by atoms with van der Waals surface area (Å²) in [7, 11) is 4.07. The van der Waals surface area contributed by atoms with Crippen molar-refractivity contribution in [3.8, 4) is 0 Å². The van der Waals surface area contributed by atoms with Gasteiger partial charge in [-0.05, 0) is 45.4 Å². The summed E-state index contributed by atoms with van der Waals surface area (Å²) in [5, 5.41) is 2.99. The predicted molar refractivity (Wildman–Crippen MR) is 93.1 cm³/mol. The molecule has 1 heterocycles. The van der Waals surface area contributed by atoms with Gasteiger partial charge in [-0.15, -0.1) is 0 Å². The number of fused-ring (bicyclic) bond motifs is 1. The molecule has 120 valence electrons. The Hall–Kier alpha value is -1.53. The summed E-state index contributed by atoms with van der Waals surface area (Å²) in [6.45, 7) is 2.02. The van der Waals surface area contributed by atoms with Crippen LogP contribution in [0.25, 0.3) is 11.0 Å². The molecule has 1 aromatic heterocycles. The molecule has 0 aliphatic rings. The second-order valence-electron chi connectivity index (χ2n) is 5.54. The van der Waals surface area contributed by atoms with Gasteiger partial charge in [0.2, 0.25) is 5.91 Å². The lowest BCUT2D eigenvalue weighted by Gasteiger charge is -2.11. The number of aromatic nitrogens is 2. The summed E-state index contributed by atoms with van der Waals surface area (Å²) >= 11 is 1.72. The number of nitrogens with zero attached hydrogens (tertiary/aromatic N) is 3. The minimum Gasteiger partial charge on any atom is -0.355 e. The smallest absolute Gasteiger partial charge is 0.240 e. The quantitative estimate of drug-likeness (QED) is 0.756. The zero-order valence-electron chi connectivity index (χ0n) is 13.5. The van der Waals surface area contributed by atoms with E-state index in [4.69, 9.17) is 0 Å². The van der Waals surface area contributed by atoms with Crippen LogP contribution in [0.5, 0.6) is 0 Å². The first kappa shape index (κ1) is 16.8. The van der Waals surface area contributed by atoms with Crippen molar-refractivity contribution in [1.29, 1.82) is 0 Å².